The van der Waals surface area contributed by atoms with E-state index >= 15 is 0 Å². The van der Waals surface area contributed by atoms with Gasteiger partial charge in [0.2, 0.25) is 0 Å². The Bertz CT molecular complexity index is 546. The molecule has 2 aromatic rings. The number of nitrogens with one attached hydrogen (secondary N) is 1. The van der Waals surface area contributed by atoms with Crippen molar-refractivity contribution < 1.29 is 0 Å². The summed E-state index contributed by atoms with van der Waals surface area (Å²) in [5.74, 6) is 2.53. The zero-order valence-corrected chi connectivity index (χ0v) is 11.4. The normalized spacial score (nSPS) is 14.8. The molecule has 1 aliphatic carbocycles. The summed E-state index contributed by atoms with van der Waals surface area (Å²) in [4.78, 5) is 13.7. The van der Waals surface area contributed by atoms with Crippen LogP contribution in [0.3, 0.4) is 0 Å². The average molecular weight is 260 g/mol. The summed E-state index contributed by atoms with van der Waals surface area (Å²) in [5, 5.41) is 6.29. The molecule has 0 bridgehead atoms. The third-order valence-corrected chi connectivity index (χ3v) is 4.02. The Balaban J connectivity index is 1.98. The highest BCUT2D eigenvalue weighted by atomic mass is 32.1. The monoisotopic (exact) mass is 260 g/mol. The number of nitrogens with zero attached hydrogens (tertiary/aromatic N) is 3. The SMILES string of the molecule is CNc1nc(C2CC2)nc(Cc2nccs2)c1C. The van der Waals surface area contributed by atoms with Crippen LogP contribution in [0.15, 0.2) is 11.6 Å². The van der Waals surface area contributed by atoms with Gasteiger partial charge < -0.3 is 5.32 Å². The van der Waals surface area contributed by atoms with Gasteiger partial charge in [-0.3, -0.25) is 0 Å². The maximum absolute atomic E-state index is 4.73. The van der Waals surface area contributed by atoms with Crippen molar-refractivity contribution in [2.24, 2.45) is 0 Å². The third-order valence-electron chi connectivity index (χ3n) is 3.25. The number of rotatable bonds is 4. The quantitative estimate of drug-likeness (QED) is 0.918. The Hall–Kier alpha value is -1.49. The largest absolute Gasteiger partial charge is 0.373 e. The van der Waals surface area contributed by atoms with Gasteiger partial charge >= 0.3 is 0 Å². The molecule has 1 saturated carbocycles. The molecule has 0 spiro atoms. The Labute approximate surface area is 111 Å². The summed E-state index contributed by atoms with van der Waals surface area (Å²) in [6.07, 6.45) is 5.10. The molecule has 1 N–H and O–H groups in total. The van der Waals surface area contributed by atoms with Crippen LogP contribution in [-0.4, -0.2) is 22.0 Å². The maximum Gasteiger partial charge on any atom is 0.134 e. The van der Waals surface area contributed by atoms with Crippen molar-refractivity contribution >= 4 is 17.2 Å². The first-order chi connectivity index (χ1) is 8.78. The lowest BCUT2D eigenvalue weighted by molar-refractivity contribution is 0.874. The Morgan fingerprint density at radius 3 is 2.83 bits per heavy atom. The van der Waals surface area contributed by atoms with Gasteiger partial charge in [0.05, 0.1) is 10.7 Å². The van der Waals surface area contributed by atoms with Crippen molar-refractivity contribution in [3.8, 4) is 0 Å². The Morgan fingerprint density at radius 2 is 2.22 bits per heavy atom. The average Bonchev–Trinajstić information content (AvgIpc) is 3.11. The molecule has 1 aliphatic rings. The molecule has 3 rings (SSSR count). The molecule has 0 aromatic carbocycles. The molecule has 0 saturated heterocycles. The van der Waals surface area contributed by atoms with Crippen LogP contribution in [0.25, 0.3) is 0 Å². The first kappa shape index (κ1) is 11.6. The first-order valence-corrected chi connectivity index (χ1v) is 7.09. The molecule has 2 aromatic heterocycles. The second kappa shape index (κ2) is 4.65. The van der Waals surface area contributed by atoms with Crippen molar-refractivity contribution in [2.45, 2.75) is 32.1 Å². The molecule has 2 heterocycles. The molecular formula is C13H16N4S. The fraction of sp³-hybridized carbons (Fsp3) is 0.462. The van der Waals surface area contributed by atoms with Crippen molar-refractivity contribution in [3.05, 3.63) is 33.7 Å². The van der Waals surface area contributed by atoms with E-state index in [4.69, 9.17) is 4.98 Å². The van der Waals surface area contributed by atoms with Crippen molar-refractivity contribution in [1.29, 1.82) is 0 Å². The lowest BCUT2D eigenvalue weighted by atomic mass is 10.1. The lowest BCUT2D eigenvalue weighted by Gasteiger charge is -2.11. The van der Waals surface area contributed by atoms with E-state index in [9.17, 15) is 0 Å². The van der Waals surface area contributed by atoms with Crippen LogP contribution >= 0.6 is 11.3 Å². The van der Waals surface area contributed by atoms with E-state index in [0.29, 0.717) is 5.92 Å². The number of thiazole rings is 1. The second-order valence-electron chi connectivity index (χ2n) is 4.63. The van der Waals surface area contributed by atoms with Gasteiger partial charge in [-0.2, -0.15) is 0 Å². The summed E-state index contributed by atoms with van der Waals surface area (Å²) < 4.78 is 0. The highest BCUT2D eigenvalue weighted by Crippen LogP contribution is 2.39. The van der Waals surface area contributed by atoms with Crippen LogP contribution in [0.5, 0.6) is 0 Å². The molecule has 1 fully saturated rings. The second-order valence-corrected chi connectivity index (χ2v) is 5.61. The predicted octanol–water partition coefficient (Wildman–Crippen LogP) is 2.75. The highest BCUT2D eigenvalue weighted by Gasteiger charge is 2.28. The predicted molar refractivity (Wildman–Crippen MR) is 73.2 cm³/mol. The number of hydrogen-bond acceptors (Lipinski definition) is 5. The standard InChI is InChI=1S/C13H16N4S/c1-8-10(7-11-15-5-6-18-11)16-13(9-3-4-9)17-12(8)14-2/h5-6,9H,3-4,7H2,1-2H3,(H,14,16,17). The van der Waals surface area contributed by atoms with E-state index in [1.807, 2.05) is 18.6 Å². The fourth-order valence-corrected chi connectivity index (χ4v) is 2.63. The number of aromatic nitrogens is 3. The molecule has 94 valence electrons. The Kier molecular flexibility index (Phi) is 2.99. The van der Waals surface area contributed by atoms with Crippen molar-refractivity contribution in [1.82, 2.24) is 15.0 Å². The molecule has 5 heteroatoms. The summed E-state index contributed by atoms with van der Waals surface area (Å²) >= 11 is 1.68. The van der Waals surface area contributed by atoms with Gasteiger partial charge in [0.1, 0.15) is 11.6 Å². The van der Waals surface area contributed by atoms with Gasteiger partial charge in [0.25, 0.3) is 0 Å². The molecule has 4 nitrogen and oxygen atoms in total. The minimum atomic E-state index is 0.577. The van der Waals surface area contributed by atoms with E-state index in [2.05, 4.69) is 22.2 Å². The third kappa shape index (κ3) is 2.22. The van der Waals surface area contributed by atoms with E-state index in [1.54, 1.807) is 11.3 Å². The van der Waals surface area contributed by atoms with Gasteiger partial charge in [-0.1, -0.05) is 0 Å². The zero-order valence-electron chi connectivity index (χ0n) is 10.6. The van der Waals surface area contributed by atoms with E-state index in [0.717, 1.165) is 34.3 Å². The van der Waals surface area contributed by atoms with Gasteiger partial charge in [0, 0.05) is 36.5 Å². The fourth-order valence-electron chi connectivity index (χ4n) is 2.01. The van der Waals surface area contributed by atoms with Gasteiger partial charge in [-0.15, -0.1) is 11.3 Å². The summed E-state index contributed by atoms with van der Waals surface area (Å²) in [7, 11) is 1.92. The molecule has 0 unspecified atom stereocenters. The smallest absolute Gasteiger partial charge is 0.134 e. The van der Waals surface area contributed by atoms with Crippen molar-refractivity contribution in [2.75, 3.05) is 12.4 Å². The number of hydrogen-bond donors (Lipinski definition) is 1. The minimum Gasteiger partial charge on any atom is -0.373 e. The maximum atomic E-state index is 4.73. The summed E-state index contributed by atoms with van der Waals surface area (Å²) in [6.45, 7) is 2.07. The van der Waals surface area contributed by atoms with Crippen LogP contribution < -0.4 is 5.32 Å². The van der Waals surface area contributed by atoms with E-state index in [-0.39, 0.29) is 0 Å². The van der Waals surface area contributed by atoms with Gasteiger partial charge in [0.15, 0.2) is 0 Å². The summed E-state index contributed by atoms with van der Waals surface area (Å²) in [5.41, 5.74) is 2.24. The van der Waals surface area contributed by atoms with Gasteiger partial charge in [-0.25, -0.2) is 15.0 Å². The molecule has 0 radical (unpaired) electrons. The topological polar surface area (TPSA) is 50.7 Å². The van der Waals surface area contributed by atoms with Crippen molar-refractivity contribution in [3.63, 3.8) is 0 Å². The van der Waals surface area contributed by atoms with E-state index < -0.39 is 0 Å². The molecular weight excluding hydrogens is 244 g/mol. The molecule has 0 aliphatic heterocycles. The van der Waals surface area contributed by atoms with Crippen LogP contribution in [0.1, 0.15) is 40.8 Å². The lowest BCUT2D eigenvalue weighted by Crippen LogP contribution is -2.07. The van der Waals surface area contributed by atoms with Gasteiger partial charge in [-0.05, 0) is 19.8 Å². The minimum absolute atomic E-state index is 0.577. The van der Waals surface area contributed by atoms with Crippen LogP contribution in [0, 0.1) is 6.92 Å². The van der Waals surface area contributed by atoms with Crippen LogP contribution in [0.2, 0.25) is 0 Å². The van der Waals surface area contributed by atoms with E-state index in [1.165, 1.54) is 12.8 Å². The first-order valence-electron chi connectivity index (χ1n) is 6.21. The van der Waals surface area contributed by atoms with Crippen LogP contribution in [-0.2, 0) is 6.42 Å². The summed E-state index contributed by atoms with van der Waals surface area (Å²) in [6, 6.07) is 0. The Morgan fingerprint density at radius 1 is 1.39 bits per heavy atom. The molecule has 18 heavy (non-hydrogen) atoms. The molecule has 0 atom stereocenters. The molecule has 0 amide bonds. The zero-order chi connectivity index (χ0) is 12.5. The van der Waals surface area contributed by atoms with Crippen LogP contribution in [0.4, 0.5) is 5.82 Å². The highest BCUT2D eigenvalue weighted by molar-refractivity contribution is 7.09. The number of anilines is 1.